The Balaban J connectivity index is 0.00000344. The molecule has 0 bridgehead atoms. The minimum Gasteiger partial charge on any atom is -0.491 e. The van der Waals surface area contributed by atoms with Gasteiger partial charge in [0.2, 0.25) is 0 Å². The van der Waals surface area contributed by atoms with Crippen molar-refractivity contribution in [3.8, 4) is 5.75 Å². The van der Waals surface area contributed by atoms with Gasteiger partial charge in [0.1, 0.15) is 12.4 Å². The zero-order valence-corrected chi connectivity index (χ0v) is 25.4. The summed E-state index contributed by atoms with van der Waals surface area (Å²) < 4.78 is 18.3. The van der Waals surface area contributed by atoms with E-state index in [0.717, 1.165) is 39.4 Å². The van der Waals surface area contributed by atoms with Crippen LogP contribution in [0, 0.1) is 6.92 Å². The van der Waals surface area contributed by atoms with E-state index in [1.54, 1.807) is 43.2 Å². The number of nitrogens with zero attached hydrogens (tertiary/aromatic N) is 4. The number of aromatic nitrogens is 2. The molecule has 0 amide bonds. The molecule has 0 N–H and O–H groups in total. The molecule has 39 heavy (non-hydrogen) atoms. The number of carbonyl (C=O) groups excluding carboxylic acids is 1. The van der Waals surface area contributed by atoms with Crippen LogP contribution in [0.25, 0.3) is 0 Å². The molecular formula is C31H46N4O4. The lowest BCUT2D eigenvalue weighted by Gasteiger charge is -2.12. The van der Waals surface area contributed by atoms with Gasteiger partial charge in [0, 0.05) is 32.3 Å². The molecule has 0 atom stereocenters. The van der Waals surface area contributed by atoms with Gasteiger partial charge in [0.15, 0.2) is 0 Å². The van der Waals surface area contributed by atoms with Crippen LogP contribution >= 0.6 is 0 Å². The van der Waals surface area contributed by atoms with E-state index in [0.29, 0.717) is 31.1 Å². The first-order valence-electron chi connectivity index (χ1n) is 13.1. The van der Waals surface area contributed by atoms with Crippen LogP contribution in [0.15, 0.2) is 70.8 Å². The number of hydrogen-bond donors (Lipinski definition) is 0. The van der Waals surface area contributed by atoms with Gasteiger partial charge < -0.3 is 14.2 Å². The van der Waals surface area contributed by atoms with Crippen molar-refractivity contribution in [2.24, 2.45) is 17.0 Å². The number of ether oxygens (including phenoxy) is 3. The monoisotopic (exact) mass is 538 g/mol. The second-order valence-corrected chi connectivity index (χ2v) is 7.76. The maximum Gasteiger partial charge on any atom is 0.337 e. The second-order valence-electron chi connectivity index (χ2n) is 7.76. The fourth-order valence-corrected chi connectivity index (χ4v) is 3.36. The topological polar surface area (TPSA) is 87.3 Å². The first-order chi connectivity index (χ1) is 18.8. The Hall–Kier alpha value is -3.78. The van der Waals surface area contributed by atoms with Gasteiger partial charge in [-0.2, -0.15) is 5.10 Å². The van der Waals surface area contributed by atoms with E-state index in [2.05, 4.69) is 28.2 Å². The van der Waals surface area contributed by atoms with E-state index in [9.17, 15) is 4.79 Å². The average Bonchev–Trinajstić information content (AvgIpc) is 3.33. The summed E-state index contributed by atoms with van der Waals surface area (Å²) in [7, 11) is 6.66. The quantitative estimate of drug-likeness (QED) is 0.136. The van der Waals surface area contributed by atoms with Crippen LogP contribution in [0.2, 0.25) is 0 Å². The van der Waals surface area contributed by atoms with Crippen LogP contribution in [0.1, 0.15) is 61.8 Å². The molecule has 0 spiro atoms. The lowest BCUT2D eigenvalue weighted by molar-refractivity contribution is 0.0599. The van der Waals surface area contributed by atoms with Crippen molar-refractivity contribution in [2.75, 3.05) is 34.4 Å². The molecule has 2 aromatic rings. The highest BCUT2D eigenvalue weighted by Gasteiger charge is 2.15. The van der Waals surface area contributed by atoms with Gasteiger partial charge in [-0.1, -0.05) is 46.9 Å². The normalized spacial score (nSPS) is 11.5. The number of carbonyl (C=O) groups is 1. The highest BCUT2D eigenvalue weighted by molar-refractivity contribution is 6.18. The zero-order valence-electron chi connectivity index (χ0n) is 25.4. The summed E-state index contributed by atoms with van der Waals surface area (Å²) in [6.07, 6.45) is 5.40. The van der Waals surface area contributed by atoms with E-state index < -0.39 is 5.97 Å². The maximum absolute atomic E-state index is 11.8. The fraction of sp³-hybridized carbons (Fsp3) is 0.419. The number of esters is 1. The van der Waals surface area contributed by atoms with Gasteiger partial charge in [0.25, 0.3) is 0 Å². The minimum absolute atomic E-state index is 0.321. The van der Waals surface area contributed by atoms with Crippen LogP contribution in [-0.4, -0.2) is 61.6 Å². The summed E-state index contributed by atoms with van der Waals surface area (Å²) in [5.74, 6) is 0.212. The Bertz CT molecular complexity index is 1170. The molecule has 0 fully saturated rings. The Kier molecular flexibility index (Phi) is 17.4. The van der Waals surface area contributed by atoms with Gasteiger partial charge in [-0.05, 0) is 49.3 Å². The summed E-state index contributed by atoms with van der Waals surface area (Å²) in [4.78, 5) is 20.5. The number of hydrogen-bond acceptors (Lipinski definition) is 7. The number of rotatable bonds is 12. The smallest absolute Gasteiger partial charge is 0.337 e. The lowest BCUT2D eigenvalue weighted by atomic mass is 9.99. The van der Waals surface area contributed by atoms with E-state index in [1.165, 1.54) is 7.11 Å². The molecule has 0 radical (unpaired) electrons. The molecular weight excluding hydrogens is 492 g/mol. The van der Waals surface area contributed by atoms with Gasteiger partial charge in [-0.15, -0.1) is 0 Å². The highest BCUT2D eigenvalue weighted by Crippen LogP contribution is 2.20. The second kappa shape index (κ2) is 19.3. The Morgan fingerprint density at radius 1 is 1.13 bits per heavy atom. The summed E-state index contributed by atoms with van der Waals surface area (Å²) in [6.45, 7) is 20.7. The van der Waals surface area contributed by atoms with Crippen LogP contribution in [0.3, 0.4) is 0 Å². The molecule has 0 saturated heterocycles. The average molecular weight is 539 g/mol. The maximum atomic E-state index is 11.8. The van der Waals surface area contributed by atoms with Crippen molar-refractivity contribution in [3.05, 3.63) is 83.2 Å². The fourth-order valence-electron chi connectivity index (χ4n) is 3.36. The van der Waals surface area contributed by atoms with Crippen molar-refractivity contribution >= 4 is 17.4 Å². The summed E-state index contributed by atoms with van der Waals surface area (Å²) in [5.41, 5.74) is 6.29. The van der Waals surface area contributed by atoms with Gasteiger partial charge in [-0.25, -0.2) is 4.79 Å². The van der Waals surface area contributed by atoms with Crippen molar-refractivity contribution in [2.45, 2.75) is 48.1 Å². The Labute approximate surface area is 234 Å². The van der Waals surface area contributed by atoms with Crippen molar-refractivity contribution in [1.29, 1.82) is 0 Å². The molecule has 0 aliphatic rings. The van der Waals surface area contributed by atoms with Crippen LogP contribution < -0.4 is 4.74 Å². The third-order valence-corrected chi connectivity index (χ3v) is 5.36. The molecule has 8 nitrogen and oxygen atoms in total. The van der Waals surface area contributed by atoms with Crippen molar-refractivity contribution < 1.29 is 19.0 Å². The number of benzene rings is 1. The predicted molar refractivity (Wildman–Crippen MR) is 162 cm³/mol. The van der Waals surface area contributed by atoms with E-state index >= 15 is 0 Å². The standard InChI is InChI=1S/C27H34N4O4.2C2H6/c1-9-23(28-5)21(18(2)3)15-24(29-6)22-16-30-31(7)25(22)17-34-12-13-35-26-14-20(27(32)33-8)11-10-19(26)4;2*1-2/h9-11,14-16H,1-2,12-13,17H2,3-8H3;2*1-2H3/b21-15+,28-23?,29-24?;;. The molecule has 1 aromatic heterocycles. The van der Waals surface area contributed by atoms with Crippen molar-refractivity contribution in [3.63, 3.8) is 0 Å². The highest BCUT2D eigenvalue weighted by atomic mass is 16.5. The number of aryl methyl sites for hydroxylation is 2. The number of methoxy groups -OCH3 is 1. The molecule has 0 aliphatic heterocycles. The predicted octanol–water partition coefficient (Wildman–Crippen LogP) is 6.34. The van der Waals surface area contributed by atoms with Crippen LogP contribution in [0.5, 0.6) is 5.75 Å². The largest absolute Gasteiger partial charge is 0.491 e. The van der Waals surface area contributed by atoms with Crippen LogP contribution in [0.4, 0.5) is 0 Å². The zero-order chi connectivity index (χ0) is 30.0. The Morgan fingerprint density at radius 2 is 1.79 bits per heavy atom. The van der Waals surface area contributed by atoms with Gasteiger partial charge >= 0.3 is 5.97 Å². The SMILES string of the molecule is C=CC(=NC)/C(=C/C(=NC)c1cnn(C)c1COCCOc1cc(C(=O)OC)ccc1C)C(=C)C.CC.CC. The summed E-state index contributed by atoms with van der Waals surface area (Å²) in [5, 5.41) is 4.39. The molecule has 214 valence electrons. The molecule has 1 heterocycles. The van der Waals surface area contributed by atoms with Crippen molar-refractivity contribution in [1.82, 2.24) is 9.78 Å². The summed E-state index contributed by atoms with van der Waals surface area (Å²) in [6, 6.07) is 5.20. The number of allylic oxidation sites excluding steroid dienone is 4. The molecule has 2 rings (SSSR count). The third-order valence-electron chi connectivity index (χ3n) is 5.36. The van der Waals surface area contributed by atoms with E-state index in [1.807, 2.05) is 60.7 Å². The molecule has 8 heteroatoms. The molecule has 0 saturated carbocycles. The van der Waals surface area contributed by atoms with Crippen LogP contribution in [-0.2, 0) is 23.1 Å². The van der Waals surface area contributed by atoms with E-state index in [-0.39, 0.29) is 0 Å². The molecule has 1 aromatic carbocycles. The lowest BCUT2D eigenvalue weighted by Crippen LogP contribution is -2.12. The first kappa shape index (κ1) is 35.2. The molecule has 0 unspecified atom stereocenters. The van der Waals surface area contributed by atoms with Gasteiger partial charge in [0.05, 0.1) is 49.2 Å². The first-order valence-corrected chi connectivity index (χ1v) is 13.1. The number of aliphatic imine (C=N–C) groups is 2. The van der Waals surface area contributed by atoms with Gasteiger partial charge in [-0.3, -0.25) is 14.7 Å². The third kappa shape index (κ3) is 10.5. The van der Waals surface area contributed by atoms with E-state index in [4.69, 9.17) is 14.2 Å². The molecule has 0 aliphatic carbocycles. The minimum atomic E-state index is -0.405. The summed E-state index contributed by atoms with van der Waals surface area (Å²) >= 11 is 0. The Morgan fingerprint density at radius 3 is 2.33 bits per heavy atom.